The van der Waals surface area contributed by atoms with Crippen molar-refractivity contribution in [2.45, 2.75) is 25.9 Å². The summed E-state index contributed by atoms with van der Waals surface area (Å²) in [4.78, 5) is 13.2. The monoisotopic (exact) mass is 272 g/mol. The second-order valence-corrected chi connectivity index (χ2v) is 5.17. The average molecular weight is 273 g/mol. The second kappa shape index (κ2) is 4.84. The van der Waals surface area contributed by atoms with E-state index < -0.39 is 0 Å². The van der Waals surface area contributed by atoms with Gasteiger partial charge in [-0.25, -0.2) is 0 Å². The van der Waals surface area contributed by atoms with Gasteiger partial charge in [0.2, 0.25) is 5.91 Å². The Bertz CT molecular complexity index is 462. The number of nitrogens with two attached hydrogens (primary N) is 1. The zero-order valence-corrected chi connectivity index (χ0v) is 11.1. The van der Waals surface area contributed by atoms with Gasteiger partial charge in [-0.1, -0.05) is 23.2 Å². The summed E-state index contributed by atoms with van der Waals surface area (Å²) >= 11 is 12.1. The molecule has 1 amide bonds. The summed E-state index contributed by atoms with van der Waals surface area (Å²) in [6.45, 7) is 3.28. The van der Waals surface area contributed by atoms with E-state index >= 15 is 0 Å². The van der Waals surface area contributed by atoms with E-state index in [1.807, 2.05) is 17.9 Å². The Balaban J connectivity index is 2.27. The number of nitrogens with zero attached hydrogens (tertiary/aromatic N) is 1. The molecule has 1 aromatic rings. The number of amides is 1. The van der Waals surface area contributed by atoms with E-state index in [1.54, 1.807) is 6.07 Å². The molecule has 1 atom stereocenters. The number of fused-ring (bicyclic) bond motifs is 1. The highest BCUT2D eigenvalue weighted by Gasteiger charge is 2.25. The van der Waals surface area contributed by atoms with E-state index in [1.165, 1.54) is 0 Å². The van der Waals surface area contributed by atoms with E-state index in [0.29, 0.717) is 16.6 Å². The first-order valence-corrected chi connectivity index (χ1v) is 6.25. The van der Waals surface area contributed by atoms with Crippen LogP contribution in [0.4, 0.5) is 0 Å². The quantitative estimate of drug-likeness (QED) is 0.898. The Morgan fingerprint density at radius 3 is 2.82 bits per heavy atom. The second-order valence-electron chi connectivity index (χ2n) is 4.32. The van der Waals surface area contributed by atoms with Crippen molar-refractivity contribution in [3.63, 3.8) is 0 Å². The van der Waals surface area contributed by atoms with Crippen molar-refractivity contribution in [1.82, 2.24) is 4.90 Å². The fourth-order valence-corrected chi connectivity index (χ4v) is 2.77. The molecule has 2 N–H and O–H groups in total. The van der Waals surface area contributed by atoms with Crippen LogP contribution in [0, 0.1) is 0 Å². The summed E-state index contributed by atoms with van der Waals surface area (Å²) in [5.41, 5.74) is 7.53. The summed E-state index contributed by atoms with van der Waals surface area (Å²) in [5.74, 6) is -0.304. The summed E-state index contributed by atoms with van der Waals surface area (Å²) in [6.07, 6.45) is 0.822. The standard InChI is InChI=1S/C12H14Cl2N2O/c1-7(12(15)17)16-3-2-10-8(6-16)4-9(13)5-11(10)14/h4-5,7H,2-3,6H2,1H3,(H2,15,17). The van der Waals surface area contributed by atoms with Crippen molar-refractivity contribution in [1.29, 1.82) is 0 Å². The number of carbonyl (C=O) groups excluding carboxylic acids is 1. The lowest BCUT2D eigenvalue weighted by molar-refractivity contribution is -0.123. The van der Waals surface area contributed by atoms with Crippen LogP contribution in [-0.4, -0.2) is 23.4 Å². The highest BCUT2D eigenvalue weighted by molar-refractivity contribution is 6.35. The lowest BCUT2D eigenvalue weighted by Gasteiger charge is -2.32. The minimum Gasteiger partial charge on any atom is -0.368 e. The summed E-state index contributed by atoms with van der Waals surface area (Å²) in [6, 6.07) is 3.40. The summed E-state index contributed by atoms with van der Waals surface area (Å²) < 4.78 is 0. The molecule has 0 spiro atoms. The fraction of sp³-hybridized carbons (Fsp3) is 0.417. The molecule has 1 aliphatic rings. The number of carbonyl (C=O) groups is 1. The first-order valence-electron chi connectivity index (χ1n) is 5.49. The first-order chi connectivity index (χ1) is 7.99. The third-order valence-electron chi connectivity index (χ3n) is 3.23. The van der Waals surface area contributed by atoms with Gasteiger partial charge in [0, 0.05) is 23.1 Å². The van der Waals surface area contributed by atoms with Crippen LogP contribution >= 0.6 is 23.2 Å². The summed E-state index contributed by atoms with van der Waals surface area (Å²) in [7, 11) is 0. The summed E-state index contributed by atoms with van der Waals surface area (Å²) in [5, 5.41) is 1.33. The number of rotatable bonds is 2. The van der Waals surface area contributed by atoms with Crippen LogP contribution < -0.4 is 5.73 Å². The maximum Gasteiger partial charge on any atom is 0.234 e. The maximum absolute atomic E-state index is 11.2. The molecular weight excluding hydrogens is 259 g/mol. The smallest absolute Gasteiger partial charge is 0.234 e. The molecule has 92 valence electrons. The predicted molar refractivity (Wildman–Crippen MR) is 69.2 cm³/mol. The van der Waals surface area contributed by atoms with Gasteiger partial charge >= 0.3 is 0 Å². The molecule has 1 heterocycles. The lowest BCUT2D eigenvalue weighted by atomic mass is 9.98. The van der Waals surface area contributed by atoms with Crippen LogP contribution in [-0.2, 0) is 17.8 Å². The Labute approximate surface area is 110 Å². The number of benzene rings is 1. The van der Waals surface area contributed by atoms with Crippen LogP contribution in [0.3, 0.4) is 0 Å². The van der Waals surface area contributed by atoms with E-state index in [-0.39, 0.29) is 11.9 Å². The first kappa shape index (κ1) is 12.7. The van der Waals surface area contributed by atoms with Crippen molar-refractivity contribution in [3.8, 4) is 0 Å². The number of hydrogen-bond donors (Lipinski definition) is 1. The normalized spacial score (nSPS) is 17.6. The van der Waals surface area contributed by atoms with Gasteiger partial charge < -0.3 is 5.73 Å². The highest BCUT2D eigenvalue weighted by Crippen LogP contribution is 2.30. The Morgan fingerprint density at radius 2 is 2.18 bits per heavy atom. The van der Waals surface area contributed by atoms with Crippen molar-refractivity contribution < 1.29 is 4.79 Å². The Hall–Kier alpha value is -0.770. The third-order valence-corrected chi connectivity index (χ3v) is 3.79. The Kier molecular flexibility index (Phi) is 3.61. The maximum atomic E-state index is 11.2. The van der Waals surface area contributed by atoms with Crippen LogP contribution in [0.2, 0.25) is 10.0 Å². The SMILES string of the molecule is CC(C(N)=O)N1CCc2c(Cl)cc(Cl)cc2C1. The van der Waals surface area contributed by atoms with Gasteiger partial charge in [-0.2, -0.15) is 0 Å². The molecule has 0 saturated carbocycles. The van der Waals surface area contributed by atoms with Crippen LogP contribution in [0.1, 0.15) is 18.1 Å². The minimum atomic E-state index is -0.304. The zero-order chi connectivity index (χ0) is 12.6. The predicted octanol–water partition coefficient (Wildman–Crippen LogP) is 2.23. The zero-order valence-electron chi connectivity index (χ0n) is 9.54. The van der Waals surface area contributed by atoms with Crippen molar-refractivity contribution in [2.75, 3.05) is 6.54 Å². The molecule has 0 aromatic heterocycles. The average Bonchev–Trinajstić information content (AvgIpc) is 2.26. The molecule has 17 heavy (non-hydrogen) atoms. The van der Waals surface area contributed by atoms with Gasteiger partial charge in [0.1, 0.15) is 0 Å². The number of hydrogen-bond acceptors (Lipinski definition) is 2. The fourth-order valence-electron chi connectivity index (χ4n) is 2.14. The van der Waals surface area contributed by atoms with Gasteiger partial charge in [-0.3, -0.25) is 9.69 Å². The van der Waals surface area contributed by atoms with Gasteiger partial charge in [-0.05, 0) is 36.6 Å². The van der Waals surface area contributed by atoms with Crippen molar-refractivity contribution in [3.05, 3.63) is 33.3 Å². The van der Waals surface area contributed by atoms with Gasteiger partial charge in [0.25, 0.3) is 0 Å². The molecule has 0 fully saturated rings. The van der Waals surface area contributed by atoms with E-state index in [2.05, 4.69) is 0 Å². The molecule has 0 bridgehead atoms. The molecule has 3 nitrogen and oxygen atoms in total. The molecule has 0 saturated heterocycles. The largest absolute Gasteiger partial charge is 0.368 e. The molecule has 2 rings (SSSR count). The third kappa shape index (κ3) is 2.57. The molecule has 0 aliphatic carbocycles. The van der Waals surface area contributed by atoms with E-state index in [9.17, 15) is 4.79 Å². The molecular formula is C12H14Cl2N2O. The molecule has 0 radical (unpaired) electrons. The van der Waals surface area contributed by atoms with Crippen LogP contribution in [0.25, 0.3) is 0 Å². The van der Waals surface area contributed by atoms with E-state index in [0.717, 1.165) is 24.1 Å². The molecule has 1 aliphatic heterocycles. The topological polar surface area (TPSA) is 46.3 Å². The Morgan fingerprint density at radius 1 is 1.47 bits per heavy atom. The molecule has 1 unspecified atom stereocenters. The molecule has 1 aromatic carbocycles. The molecule has 5 heteroatoms. The highest BCUT2D eigenvalue weighted by atomic mass is 35.5. The van der Waals surface area contributed by atoms with Crippen LogP contribution in [0.5, 0.6) is 0 Å². The van der Waals surface area contributed by atoms with Crippen molar-refractivity contribution >= 4 is 29.1 Å². The number of primary amides is 1. The van der Waals surface area contributed by atoms with Crippen molar-refractivity contribution in [2.24, 2.45) is 5.73 Å². The van der Waals surface area contributed by atoms with Gasteiger partial charge in [-0.15, -0.1) is 0 Å². The van der Waals surface area contributed by atoms with Crippen LogP contribution in [0.15, 0.2) is 12.1 Å². The van der Waals surface area contributed by atoms with E-state index in [4.69, 9.17) is 28.9 Å². The van der Waals surface area contributed by atoms with Gasteiger partial charge in [0.05, 0.1) is 6.04 Å². The van der Waals surface area contributed by atoms with Gasteiger partial charge in [0.15, 0.2) is 0 Å². The minimum absolute atomic E-state index is 0.263. The lowest BCUT2D eigenvalue weighted by Crippen LogP contribution is -2.45. The number of halogens is 2.